The Kier molecular flexibility index (Phi) is 5.94. The third-order valence-corrected chi connectivity index (χ3v) is 6.74. The number of hydrogen-bond donors (Lipinski definition) is 1. The fourth-order valence-corrected chi connectivity index (χ4v) is 4.90. The molecule has 0 saturated carbocycles. The number of rotatable bonds is 7. The van der Waals surface area contributed by atoms with Crippen LogP contribution in [0.25, 0.3) is 0 Å². The molecular formula is C20H18FN3O5S. The van der Waals surface area contributed by atoms with E-state index in [9.17, 15) is 23.2 Å². The maximum Gasteiger partial charge on any atom is 0.244 e. The van der Waals surface area contributed by atoms with Crippen LogP contribution in [0.5, 0.6) is 11.5 Å². The Morgan fingerprint density at radius 3 is 2.37 bits per heavy atom. The first kappa shape index (κ1) is 21.5. The summed E-state index contributed by atoms with van der Waals surface area (Å²) in [5, 5.41) is 27.8. The van der Waals surface area contributed by atoms with Crippen LogP contribution in [0.2, 0.25) is 0 Å². The van der Waals surface area contributed by atoms with Crippen LogP contribution in [0.1, 0.15) is 11.1 Å². The number of halogens is 1. The molecule has 0 amide bonds. The van der Waals surface area contributed by atoms with Crippen LogP contribution in [0, 0.1) is 33.9 Å². The zero-order valence-electron chi connectivity index (χ0n) is 16.0. The maximum atomic E-state index is 13.7. The summed E-state index contributed by atoms with van der Waals surface area (Å²) >= 11 is 0. The standard InChI is InChI=1S/C20H18FN3O5S/c1-28-16-4-5-19(15(6-16)9-23)30(26,27)24-10-20(11-24,12-25)13-29-17-3-2-14(8-22)18(21)7-17/h2-7,25H,10-13H2,1H3. The number of sulfonamides is 1. The summed E-state index contributed by atoms with van der Waals surface area (Å²) in [6, 6.07) is 11.4. The normalized spacial score (nSPS) is 15.5. The van der Waals surface area contributed by atoms with E-state index in [2.05, 4.69) is 0 Å². The van der Waals surface area contributed by atoms with E-state index >= 15 is 0 Å². The predicted octanol–water partition coefficient (Wildman–Crippen LogP) is 1.64. The minimum absolute atomic E-state index is 0.0263. The van der Waals surface area contributed by atoms with Crippen molar-refractivity contribution in [2.45, 2.75) is 4.90 Å². The predicted molar refractivity (Wildman–Crippen MR) is 103 cm³/mol. The van der Waals surface area contributed by atoms with Crippen molar-refractivity contribution >= 4 is 10.0 Å². The number of nitriles is 2. The summed E-state index contributed by atoms with van der Waals surface area (Å²) in [6.45, 7) is -0.441. The summed E-state index contributed by atoms with van der Waals surface area (Å²) < 4.78 is 51.2. The largest absolute Gasteiger partial charge is 0.497 e. The van der Waals surface area contributed by atoms with Crippen LogP contribution in [-0.2, 0) is 10.0 Å². The second-order valence-corrected chi connectivity index (χ2v) is 8.85. The fourth-order valence-electron chi connectivity index (χ4n) is 3.11. The lowest BCUT2D eigenvalue weighted by Crippen LogP contribution is -2.62. The molecule has 0 spiro atoms. The molecule has 10 heteroatoms. The van der Waals surface area contributed by atoms with Crippen molar-refractivity contribution in [2.24, 2.45) is 5.41 Å². The molecule has 1 saturated heterocycles. The molecule has 0 bridgehead atoms. The lowest BCUT2D eigenvalue weighted by molar-refractivity contribution is -0.0273. The number of aliphatic hydroxyl groups is 1. The van der Waals surface area contributed by atoms with Gasteiger partial charge in [-0.3, -0.25) is 0 Å². The van der Waals surface area contributed by atoms with E-state index in [1.54, 1.807) is 6.07 Å². The van der Waals surface area contributed by atoms with Crippen LogP contribution in [-0.4, -0.2) is 51.2 Å². The minimum atomic E-state index is -3.96. The van der Waals surface area contributed by atoms with E-state index in [1.165, 1.54) is 37.4 Å². The van der Waals surface area contributed by atoms with Gasteiger partial charge >= 0.3 is 0 Å². The summed E-state index contributed by atoms with van der Waals surface area (Å²) in [6.07, 6.45) is 0. The Balaban J connectivity index is 1.73. The lowest BCUT2D eigenvalue weighted by Gasteiger charge is -2.47. The van der Waals surface area contributed by atoms with Gasteiger partial charge in [0, 0.05) is 19.2 Å². The van der Waals surface area contributed by atoms with E-state index in [-0.39, 0.29) is 48.1 Å². The molecule has 1 N–H and O–H groups in total. The van der Waals surface area contributed by atoms with E-state index in [0.717, 1.165) is 10.4 Å². The first-order chi connectivity index (χ1) is 14.3. The van der Waals surface area contributed by atoms with Gasteiger partial charge < -0.3 is 14.6 Å². The van der Waals surface area contributed by atoms with Gasteiger partial charge in [0.25, 0.3) is 0 Å². The highest BCUT2D eigenvalue weighted by molar-refractivity contribution is 7.89. The van der Waals surface area contributed by atoms with E-state index in [0.29, 0.717) is 5.75 Å². The van der Waals surface area contributed by atoms with Crippen molar-refractivity contribution in [3.8, 4) is 23.6 Å². The topological polar surface area (TPSA) is 124 Å². The molecule has 0 aliphatic carbocycles. The highest BCUT2D eigenvalue weighted by Crippen LogP contribution is 2.36. The number of aliphatic hydroxyl groups excluding tert-OH is 1. The number of nitrogens with zero attached hydrogens (tertiary/aromatic N) is 3. The van der Waals surface area contributed by atoms with Crippen molar-refractivity contribution in [1.29, 1.82) is 10.5 Å². The summed E-state index contributed by atoms with van der Waals surface area (Å²) in [5.74, 6) is -0.196. The van der Waals surface area contributed by atoms with Gasteiger partial charge in [-0.25, -0.2) is 12.8 Å². The SMILES string of the molecule is COc1ccc(S(=O)(=O)N2CC(CO)(COc3ccc(C#N)c(F)c3)C2)c(C#N)c1. The second kappa shape index (κ2) is 8.28. The van der Waals surface area contributed by atoms with E-state index < -0.39 is 21.3 Å². The van der Waals surface area contributed by atoms with Gasteiger partial charge in [0.15, 0.2) is 0 Å². The third-order valence-electron chi connectivity index (χ3n) is 4.89. The Hall–Kier alpha value is -3.18. The average molecular weight is 431 g/mol. The average Bonchev–Trinajstić information content (AvgIpc) is 2.72. The molecule has 0 unspecified atom stereocenters. The van der Waals surface area contributed by atoms with Crippen LogP contribution < -0.4 is 9.47 Å². The summed E-state index contributed by atoms with van der Waals surface area (Å²) in [5.41, 5.74) is -1.02. The van der Waals surface area contributed by atoms with Crippen LogP contribution in [0.15, 0.2) is 41.3 Å². The molecule has 3 rings (SSSR count). The Labute approximate surface area is 173 Å². The zero-order valence-corrected chi connectivity index (χ0v) is 16.8. The highest BCUT2D eigenvalue weighted by Gasteiger charge is 2.49. The minimum Gasteiger partial charge on any atom is -0.497 e. The molecule has 156 valence electrons. The van der Waals surface area contributed by atoms with Gasteiger partial charge in [0.2, 0.25) is 10.0 Å². The summed E-state index contributed by atoms with van der Waals surface area (Å²) in [7, 11) is -2.55. The smallest absolute Gasteiger partial charge is 0.244 e. The fraction of sp³-hybridized carbons (Fsp3) is 0.300. The lowest BCUT2D eigenvalue weighted by atomic mass is 9.83. The highest BCUT2D eigenvalue weighted by atomic mass is 32.2. The van der Waals surface area contributed by atoms with Crippen molar-refractivity contribution in [3.63, 3.8) is 0 Å². The molecule has 1 aliphatic heterocycles. The second-order valence-electron chi connectivity index (χ2n) is 6.95. The maximum absolute atomic E-state index is 13.7. The first-order valence-corrected chi connectivity index (χ1v) is 10.2. The molecule has 2 aromatic rings. The van der Waals surface area contributed by atoms with Gasteiger partial charge in [-0.05, 0) is 30.3 Å². The van der Waals surface area contributed by atoms with Gasteiger partial charge in [0.05, 0.1) is 36.9 Å². The first-order valence-electron chi connectivity index (χ1n) is 8.80. The molecule has 0 radical (unpaired) electrons. The molecule has 0 atom stereocenters. The van der Waals surface area contributed by atoms with Gasteiger partial charge in [-0.2, -0.15) is 14.8 Å². The van der Waals surface area contributed by atoms with E-state index in [4.69, 9.17) is 14.7 Å². The molecule has 1 fully saturated rings. The van der Waals surface area contributed by atoms with Crippen molar-refractivity contribution in [1.82, 2.24) is 4.31 Å². The monoisotopic (exact) mass is 431 g/mol. The van der Waals surface area contributed by atoms with Crippen molar-refractivity contribution in [2.75, 3.05) is 33.4 Å². The van der Waals surface area contributed by atoms with Gasteiger partial charge in [-0.1, -0.05) is 0 Å². The quantitative estimate of drug-likeness (QED) is 0.707. The van der Waals surface area contributed by atoms with E-state index in [1.807, 2.05) is 6.07 Å². The van der Waals surface area contributed by atoms with Crippen LogP contribution >= 0.6 is 0 Å². The zero-order chi connectivity index (χ0) is 21.9. The van der Waals surface area contributed by atoms with Crippen molar-refractivity contribution in [3.05, 3.63) is 53.3 Å². The summed E-state index contributed by atoms with van der Waals surface area (Å²) in [4.78, 5) is -0.146. The van der Waals surface area contributed by atoms with Crippen LogP contribution in [0.4, 0.5) is 4.39 Å². The molecule has 0 aromatic heterocycles. The van der Waals surface area contributed by atoms with Gasteiger partial charge in [0.1, 0.15) is 34.4 Å². The molecule has 2 aromatic carbocycles. The number of hydrogen-bond acceptors (Lipinski definition) is 7. The molecule has 8 nitrogen and oxygen atoms in total. The molecule has 1 heterocycles. The number of methoxy groups -OCH3 is 1. The number of ether oxygens (including phenoxy) is 2. The van der Waals surface area contributed by atoms with Gasteiger partial charge in [-0.15, -0.1) is 0 Å². The van der Waals surface area contributed by atoms with Crippen molar-refractivity contribution < 1.29 is 27.4 Å². The third kappa shape index (κ3) is 3.94. The molecule has 1 aliphatic rings. The Morgan fingerprint density at radius 1 is 1.13 bits per heavy atom. The number of benzene rings is 2. The van der Waals surface area contributed by atoms with Crippen LogP contribution in [0.3, 0.4) is 0 Å². The Bertz CT molecular complexity index is 1150. The molecule has 30 heavy (non-hydrogen) atoms. The molecular weight excluding hydrogens is 413 g/mol. The Morgan fingerprint density at radius 2 is 1.80 bits per heavy atom.